The number of amides is 1. The lowest BCUT2D eigenvalue weighted by Crippen LogP contribution is -2.45. The highest BCUT2D eigenvalue weighted by molar-refractivity contribution is 6.33. The molecular formula is C21H33Cl2N3O2. The summed E-state index contributed by atoms with van der Waals surface area (Å²) in [7, 11) is 1.53. The molecule has 1 amide bonds. The summed E-state index contributed by atoms with van der Waals surface area (Å²) in [6, 6.07) is 3.39. The number of anilines is 1. The molecule has 5 nitrogen and oxygen atoms in total. The molecule has 158 valence electrons. The van der Waals surface area contributed by atoms with E-state index in [2.05, 4.69) is 10.2 Å². The van der Waals surface area contributed by atoms with Crippen molar-refractivity contribution >= 4 is 35.6 Å². The highest BCUT2D eigenvalue weighted by Crippen LogP contribution is 2.29. The molecule has 1 aliphatic heterocycles. The van der Waals surface area contributed by atoms with Crippen molar-refractivity contribution in [2.45, 2.75) is 57.4 Å². The third-order valence-corrected chi connectivity index (χ3v) is 6.30. The van der Waals surface area contributed by atoms with E-state index in [4.69, 9.17) is 22.1 Å². The number of benzene rings is 1. The maximum Gasteiger partial charge on any atom is 0.255 e. The van der Waals surface area contributed by atoms with Gasteiger partial charge >= 0.3 is 0 Å². The zero-order valence-electron chi connectivity index (χ0n) is 16.7. The molecule has 1 aliphatic carbocycles. The van der Waals surface area contributed by atoms with Crippen LogP contribution in [0.5, 0.6) is 5.75 Å². The molecule has 0 unspecified atom stereocenters. The first-order valence-corrected chi connectivity index (χ1v) is 10.6. The first kappa shape index (κ1) is 23.1. The van der Waals surface area contributed by atoms with Crippen LogP contribution in [0.25, 0.3) is 0 Å². The fourth-order valence-electron chi connectivity index (χ4n) is 4.35. The molecule has 28 heavy (non-hydrogen) atoms. The van der Waals surface area contributed by atoms with Crippen LogP contribution in [0, 0.1) is 5.92 Å². The Morgan fingerprint density at radius 3 is 2.43 bits per heavy atom. The number of likely N-dealkylation sites (tertiary alicyclic amines) is 1. The molecule has 0 spiro atoms. The molecule has 2 aliphatic rings. The molecular weight excluding hydrogens is 397 g/mol. The van der Waals surface area contributed by atoms with Gasteiger partial charge in [0.15, 0.2) is 0 Å². The normalized spacial score (nSPS) is 19.5. The fraction of sp³-hybridized carbons (Fsp3) is 0.667. The largest absolute Gasteiger partial charge is 0.496 e. The van der Waals surface area contributed by atoms with E-state index in [1.165, 1.54) is 52.2 Å². The van der Waals surface area contributed by atoms with Gasteiger partial charge in [0, 0.05) is 31.7 Å². The van der Waals surface area contributed by atoms with Crippen LogP contribution in [0.2, 0.25) is 5.02 Å². The predicted octanol–water partition coefficient (Wildman–Crippen LogP) is 4.52. The molecule has 2 fully saturated rings. The van der Waals surface area contributed by atoms with Crippen LogP contribution in [-0.4, -0.2) is 43.6 Å². The summed E-state index contributed by atoms with van der Waals surface area (Å²) >= 11 is 6.09. The van der Waals surface area contributed by atoms with E-state index in [0.29, 0.717) is 22.0 Å². The maximum atomic E-state index is 12.7. The van der Waals surface area contributed by atoms with Crippen LogP contribution in [-0.2, 0) is 0 Å². The van der Waals surface area contributed by atoms with Gasteiger partial charge in [-0.1, -0.05) is 37.3 Å². The van der Waals surface area contributed by atoms with Gasteiger partial charge in [-0.05, 0) is 37.7 Å². The van der Waals surface area contributed by atoms with Crippen molar-refractivity contribution < 1.29 is 9.53 Å². The number of nitrogens with one attached hydrogen (secondary N) is 1. The van der Waals surface area contributed by atoms with E-state index in [0.717, 1.165) is 31.8 Å². The summed E-state index contributed by atoms with van der Waals surface area (Å²) in [5.74, 6) is 1.18. The van der Waals surface area contributed by atoms with E-state index >= 15 is 0 Å². The van der Waals surface area contributed by atoms with Crippen LogP contribution >= 0.6 is 24.0 Å². The summed E-state index contributed by atoms with van der Waals surface area (Å²) in [6.45, 7) is 3.34. The maximum absolute atomic E-state index is 12.7. The topological polar surface area (TPSA) is 67.6 Å². The molecule has 1 saturated carbocycles. The minimum absolute atomic E-state index is 0. The Morgan fingerprint density at radius 2 is 1.82 bits per heavy atom. The lowest BCUT2D eigenvalue weighted by Gasteiger charge is -2.34. The Hall–Kier alpha value is -1.17. The van der Waals surface area contributed by atoms with Gasteiger partial charge in [-0.15, -0.1) is 12.4 Å². The van der Waals surface area contributed by atoms with Crippen LogP contribution in [0.3, 0.4) is 0 Å². The van der Waals surface area contributed by atoms with Crippen LogP contribution in [0.1, 0.15) is 61.7 Å². The first-order valence-electron chi connectivity index (χ1n) is 10.2. The van der Waals surface area contributed by atoms with E-state index in [-0.39, 0.29) is 24.4 Å². The van der Waals surface area contributed by atoms with Crippen LogP contribution in [0.4, 0.5) is 5.69 Å². The number of methoxy groups -OCH3 is 1. The molecule has 1 aromatic rings. The number of rotatable bonds is 5. The van der Waals surface area contributed by atoms with Gasteiger partial charge in [0.1, 0.15) is 5.75 Å². The molecule has 3 rings (SSSR count). The Labute approximate surface area is 179 Å². The first-order chi connectivity index (χ1) is 13.1. The average Bonchev–Trinajstić information content (AvgIpc) is 2.93. The minimum atomic E-state index is -0.143. The summed E-state index contributed by atoms with van der Waals surface area (Å²) in [5, 5.41) is 3.52. The molecule has 0 bridgehead atoms. The smallest absolute Gasteiger partial charge is 0.255 e. The van der Waals surface area contributed by atoms with E-state index in [1.807, 2.05) is 0 Å². The molecule has 1 heterocycles. The summed E-state index contributed by atoms with van der Waals surface area (Å²) in [5.41, 5.74) is 6.66. The number of piperidine rings is 1. The van der Waals surface area contributed by atoms with E-state index in [1.54, 1.807) is 12.1 Å². The molecule has 0 atom stereocenters. The highest BCUT2D eigenvalue weighted by Gasteiger charge is 2.25. The van der Waals surface area contributed by atoms with E-state index in [9.17, 15) is 4.79 Å². The number of nitrogen functional groups attached to an aromatic ring is 1. The van der Waals surface area contributed by atoms with Crippen molar-refractivity contribution in [2.75, 3.05) is 32.5 Å². The van der Waals surface area contributed by atoms with Gasteiger partial charge in [-0.2, -0.15) is 0 Å². The van der Waals surface area contributed by atoms with Gasteiger partial charge < -0.3 is 20.7 Å². The lowest BCUT2D eigenvalue weighted by molar-refractivity contribution is 0.0901. The zero-order valence-corrected chi connectivity index (χ0v) is 18.3. The Kier molecular flexibility index (Phi) is 9.19. The molecule has 1 saturated heterocycles. The lowest BCUT2D eigenvalue weighted by atomic mass is 9.97. The predicted molar refractivity (Wildman–Crippen MR) is 118 cm³/mol. The Bertz CT molecular complexity index is 641. The number of nitrogens with two attached hydrogens (primary N) is 1. The van der Waals surface area contributed by atoms with Crippen LogP contribution < -0.4 is 15.8 Å². The standard InChI is InChI=1S/C21H32ClN3O2.ClH/c1-27-20-13-19(23)18(22)12-17(20)21(26)24-16-8-10-25(11-9-16)14-15-6-4-2-3-5-7-15;/h12-13,15-16H,2-11,14,23H2,1H3,(H,24,26);1H. The molecule has 7 heteroatoms. The van der Waals surface area contributed by atoms with Crippen molar-refractivity contribution in [3.8, 4) is 5.75 Å². The molecule has 1 aromatic carbocycles. The number of hydrogen-bond donors (Lipinski definition) is 2. The third-order valence-electron chi connectivity index (χ3n) is 5.98. The van der Waals surface area contributed by atoms with Crippen LogP contribution in [0.15, 0.2) is 12.1 Å². The zero-order chi connectivity index (χ0) is 19.2. The van der Waals surface area contributed by atoms with Gasteiger partial charge in [-0.25, -0.2) is 0 Å². The van der Waals surface area contributed by atoms with Crippen molar-refractivity contribution in [1.82, 2.24) is 10.2 Å². The van der Waals surface area contributed by atoms with Gasteiger partial charge in [-0.3, -0.25) is 4.79 Å². The average molecular weight is 430 g/mol. The summed E-state index contributed by atoms with van der Waals surface area (Å²) < 4.78 is 5.30. The Morgan fingerprint density at radius 1 is 1.18 bits per heavy atom. The number of ether oxygens (including phenoxy) is 1. The molecule has 0 aromatic heterocycles. The molecule has 3 N–H and O–H groups in total. The number of hydrogen-bond acceptors (Lipinski definition) is 4. The highest BCUT2D eigenvalue weighted by atomic mass is 35.5. The van der Waals surface area contributed by atoms with Crippen molar-refractivity contribution in [3.05, 3.63) is 22.7 Å². The van der Waals surface area contributed by atoms with Gasteiger partial charge in [0.05, 0.1) is 23.4 Å². The number of nitrogens with zero attached hydrogens (tertiary/aromatic N) is 1. The second kappa shape index (κ2) is 11.1. The van der Waals surface area contributed by atoms with Gasteiger partial charge in [0.25, 0.3) is 5.91 Å². The summed E-state index contributed by atoms with van der Waals surface area (Å²) in [6.07, 6.45) is 10.3. The number of halogens is 2. The van der Waals surface area contributed by atoms with E-state index < -0.39 is 0 Å². The minimum Gasteiger partial charge on any atom is -0.496 e. The fourth-order valence-corrected chi connectivity index (χ4v) is 4.51. The quantitative estimate of drug-likeness (QED) is 0.533. The van der Waals surface area contributed by atoms with Crippen molar-refractivity contribution in [3.63, 3.8) is 0 Å². The summed E-state index contributed by atoms with van der Waals surface area (Å²) in [4.78, 5) is 15.3. The van der Waals surface area contributed by atoms with Crippen molar-refractivity contribution in [2.24, 2.45) is 5.92 Å². The third kappa shape index (κ3) is 6.16. The number of carbonyl (C=O) groups is 1. The van der Waals surface area contributed by atoms with Gasteiger partial charge in [0.2, 0.25) is 0 Å². The second-order valence-electron chi connectivity index (χ2n) is 7.98. The second-order valence-corrected chi connectivity index (χ2v) is 8.39. The Balaban J connectivity index is 0.00000280. The van der Waals surface area contributed by atoms with Crippen molar-refractivity contribution in [1.29, 1.82) is 0 Å². The molecule has 0 radical (unpaired) electrons. The monoisotopic (exact) mass is 429 g/mol. The SMILES string of the molecule is COc1cc(N)c(Cl)cc1C(=O)NC1CCN(CC2CCCCCC2)CC1.Cl. The number of carbonyl (C=O) groups excluding carboxylic acids is 1.